The van der Waals surface area contributed by atoms with Crippen molar-refractivity contribution >= 4 is 59.1 Å². The van der Waals surface area contributed by atoms with Gasteiger partial charge in [0.05, 0.1) is 21.3 Å². The average Bonchev–Trinajstić information content (AvgIpc) is 3.12. The average molecular weight is 532 g/mol. The Labute approximate surface area is 191 Å². The molecule has 4 rings (SSSR count). The van der Waals surface area contributed by atoms with Crippen LogP contribution in [0.25, 0.3) is 20.8 Å². The van der Waals surface area contributed by atoms with Crippen LogP contribution in [0.5, 0.6) is 5.75 Å². The number of rotatable bonds is 6. The Kier molecular flexibility index (Phi) is 6.23. The number of hydrogen-bond acceptors (Lipinski definition) is 4. The number of ether oxygens (including phenoxy) is 1. The molecule has 0 bridgehead atoms. The molecule has 0 aliphatic heterocycles. The van der Waals surface area contributed by atoms with Gasteiger partial charge in [0.2, 0.25) is 0 Å². The predicted molar refractivity (Wildman–Crippen MR) is 130 cm³/mol. The molecule has 3 aromatic carbocycles. The number of anilines is 1. The van der Waals surface area contributed by atoms with E-state index in [1.54, 1.807) is 11.3 Å². The summed E-state index contributed by atoms with van der Waals surface area (Å²) >= 11 is 8.88. The van der Waals surface area contributed by atoms with Crippen molar-refractivity contribution in [2.45, 2.75) is 20.4 Å². The molecule has 0 saturated heterocycles. The molecule has 3 nitrogen and oxygen atoms in total. The number of nitrogens with one attached hydrogen (secondary N) is 1. The fourth-order valence-electron chi connectivity index (χ4n) is 3.13. The van der Waals surface area contributed by atoms with E-state index in [0.717, 1.165) is 42.0 Å². The molecule has 1 N–H and O–H groups in total. The second-order valence-electron chi connectivity index (χ2n) is 6.73. The van der Waals surface area contributed by atoms with Crippen molar-refractivity contribution in [2.75, 3.05) is 11.9 Å². The largest absolute Gasteiger partial charge is 0.492 e. The van der Waals surface area contributed by atoms with Crippen LogP contribution in [0.2, 0.25) is 0 Å². The van der Waals surface area contributed by atoms with E-state index in [-0.39, 0.29) is 0 Å². The van der Waals surface area contributed by atoms with E-state index in [2.05, 4.69) is 92.6 Å². The van der Waals surface area contributed by atoms with Crippen molar-refractivity contribution in [3.63, 3.8) is 0 Å². The molecule has 0 aliphatic carbocycles. The lowest BCUT2D eigenvalue weighted by atomic mass is 10.1. The van der Waals surface area contributed by atoms with Gasteiger partial charge < -0.3 is 10.1 Å². The molecule has 0 amide bonds. The van der Waals surface area contributed by atoms with Gasteiger partial charge in [0.1, 0.15) is 10.8 Å². The zero-order chi connectivity index (χ0) is 20.4. The summed E-state index contributed by atoms with van der Waals surface area (Å²) in [4.78, 5) is 4.77. The van der Waals surface area contributed by atoms with Crippen LogP contribution in [-0.4, -0.2) is 11.6 Å². The van der Waals surface area contributed by atoms with Crippen molar-refractivity contribution in [3.05, 3.63) is 74.7 Å². The Hall–Kier alpha value is -1.89. The fourth-order valence-corrected chi connectivity index (χ4v) is 5.63. The van der Waals surface area contributed by atoms with E-state index >= 15 is 0 Å². The molecule has 0 unspecified atom stereocenters. The molecule has 1 heterocycles. The Morgan fingerprint density at radius 3 is 2.59 bits per heavy atom. The third-order valence-electron chi connectivity index (χ3n) is 4.53. The van der Waals surface area contributed by atoms with Gasteiger partial charge in [0.15, 0.2) is 0 Å². The number of hydrogen-bond donors (Lipinski definition) is 1. The monoisotopic (exact) mass is 530 g/mol. The highest BCUT2D eigenvalue weighted by Crippen LogP contribution is 2.34. The Bertz CT molecular complexity index is 1160. The van der Waals surface area contributed by atoms with Gasteiger partial charge in [-0.15, -0.1) is 11.3 Å². The lowest BCUT2D eigenvalue weighted by molar-refractivity contribution is 0.334. The predicted octanol–water partition coefficient (Wildman–Crippen LogP) is 7.81. The SMILES string of the molecule is CCOc1c(Br)cc(Br)cc1CNc1ccc(-c2nc3ccc(C)cc3s2)cc1. The van der Waals surface area contributed by atoms with Crippen molar-refractivity contribution in [2.24, 2.45) is 0 Å². The van der Waals surface area contributed by atoms with Gasteiger partial charge in [-0.1, -0.05) is 22.0 Å². The normalized spacial score (nSPS) is 11.0. The van der Waals surface area contributed by atoms with Gasteiger partial charge in [0.25, 0.3) is 0 Å². The molecule has 29 heavy (non-hydrogen) atoms. The maximum atomic E-state index is 5.81. The minimum atomic E-state index is 0.629. The summed E-state index contributed by atoms with van der Waals surface area (Å²) in [7, 11) is 0. The zero-order valence-electron chi connectivity index (χ0n) is 16.1. The van der Waals surface area contributed by atoms with Gasteiger partial charge >= 0.3 is 0 Å². The number of aromatic nitrogens is 1. The van der Waals surface area contributed by atoms with Crippen LogP contribution in [0.3, 0.4) is 0 Å². The molecule has 4 aromatic rings. The highest BCUT2D eigenvalue weighted by atomic mass is 79.9. The van der Waals surface area contributed by atoms with Crippen LogP contribution >= 0.6 is 43.2 Å². The molecule has 0 aliphatic rings. The van der Waals surface area contributed by atoms with Crippen LogP contribution in [0.4, 0.5) is 5.69 Å². The molecule has 0 saturated carbocycles. The third kappa shape index (κ3) is 4.65. The topological polar surface area (TPSA) is 34.1 Å². The Morgan fingerprint density at radius 1 is 1.03 bits per heavy atom. The molecular weight excluding hydrogens is 512 g/mol. The van der Waals surface area contributed by atoms with Crippen LogP contribution in [-0.2, 0) is 6.54 Å². The summed E-state index contributed by atoms with van der Waals surface area (Å²) in [5, 5.41) is 4.54. The fraction of sp³-hybridized carbons (Fsp3) is 0.174. The number of aryl methyl sites for hydroxylation is 1. The summed E-state index contributed by atoms with van der Waals surface area (Å²) in [6.45, 7) is 5.41. The van der Waals surface area contributed by atoms with Crippen molar-refractivity contribution in [3.8, 4) is 16.3 Å². The maximum absolute atomic E-state index is 5.81. The molecule has 0 spiro atoms. The van der Waals surface area contributed by atoms with Crippen molar-refractivity contribution < 1.29 is 4.74 Å². The summed E-state index contributed by atoms with van der Waals surface area (Å²) in [5.74, 6) is 0.879. The number of benzene rings is 3. The van der Waals surface area contributed by atoms with E-state index < -0.39 is 0 Å². The summed E-state index contributed by atoms with van der Waals surface area (Å²) in [6, 6.07) is 18.9. The van der Waals surface area contributed by atoms with Crippen LogP contribution < -0.4 is 10.1 Å². The first-order valence-corrected chi connectivity index (χ1v) is 11.8. The zero-order valence-corrected chi connectivity index (χ0v) is 20.1. The number of thiazole rings is 1. The highest BCUT2D eigenvalue weighted by molar-refractivity contribution is 9.11. The van der Waals surface area contributed by atoms with Crippen LogP contribution in [0.15, 0.2) is 63.5 Å². The Balaban J connectivity index is 1.51. The standard InChI is InChI=1S/C23H20Br2N2OS/c1-3-28-22-16(11-17(24)12-19(22)25)13-26-18-7-5-15(6-8-18)23-27-20-9-4-14(2)10-21(20)29-23/h4-12,26H,3,13H2,1-2H3. The van der Waals surface area contributed by atoms with Gasteiger partial charge in [-0.25, -0.2) is 4.98 Å². The molecule has 0 radical (unpaired) electrons. The number of halogens is 2. The Morgan fingerprint density at radius 2 is 1.83 bits per heavy atom. The lowest BCUT2D eigenvalue weighted by Crippen LogP contribution is -2.04. The molecule has 1 aromatic heterocycles. The summed E-state index contributed by atoms with van der Waals surface area (Å²) in [5.41, 5.74) is 5.61. The van der Waals surface area contributed by atoms with E-state index in [4.69, 9.17) is 9.72 Å². The minimum absolute atomic E-state index is 0.629. The molecule has 0 atom stereocenters. The van der Waals surface area contributed by atoms with Gasteiger partial charge in [-0.05, 0) is 83.9 Å². The number of nitrogens with zero attached hydrogens (tertiary/aromatic N) is 1. The number of fused-ring (bicyclic) bond motifs is 1. The van der Waals surface area contributed by atoms with E-state index in [1.807, 2.05) is 13.0 Å². The van der Waals surface area contributed by atoms with E-state index in [1.165, 1.54) is 10.3 Å². The van der Waals surface area contributed by atoms with Crippen LogP contribution in [0.1, 0.15) is 18.1 Å². The van der Waals surface area contributed by atoms with E-state index in [0.29, 0.717) is 13.2 Å². The first kappa shape index (κ1) is 20.4. The summed E-state index contributed by atoms with van der Waals surface area (Å²) < 4.78 is 9.01. The van der Waals surface area contributed by atoms with Gasteiger partial charge in [-0.2, -0.15) is 0 Å². The maximum Gasteiger partial charge on any atom is 0.138 e. The quantitative estimate of drug-likeness (QED) is 0.275. The third-order valence-corrected chi connectivity index (χ3v) is 6.65. The van der Waals surface area contributed by atoms with Gasteiger partial charge in [0, 0.05) is 27.8 Å². The minimum Gasteiger partial charge on any atom is -0.492 e. The van der Waals surface area contributed by atoms with Crippen molar-refractivity contribution in [1.82, 2.24) is 4.98 Å². The molecule has 0 fully saturated rings. The lowest BCUT2D eigenvalue weighted by Gasteiger charge is -2.14. The molecule has 6 heteroatoms. The van der Waals surface area contributed by atoms with Crippen molar-refractivity contribution in [1.29, 1.82) is 0 Å². The molecule has 148 valence electrons. The summed E-state index contributed by atoms with van der Waals surface area (Å²) in [6.07, 6.45) is 0. The van der Waals surface area contributed by atoms with Gasteiger partial charge in [-0.3, -0.25) is 0 Å². The molecular formula is C23H20Br2N2OS. The second-order valence-corrected chi connectivity index (χ2v) is 9.53. The first-order valence-electron chi connectivity index (χ1n) is 9.35. The van der Waals surface area contributed by atoms with Crippen LogP contribution in [0, 0.1) is 6.92 Å². The van der Waals surface area contributed by atoms with E-state index in [9.17, 15) is 0 Å². The smallest absolute Gasteiger partial charge is 0.138 e. The highest BCUT2D eigenvalue weighted by Gasteiger charge is 2.11. The first-order chi connectivity index (χ1) is 14.0. The second kappa shape index (κ2) is 8.86.